The molecule has 0 spiro atoms. The summed E-state index contributed by atoms with van der Waals surface area (Å²) in [5.74, 6) is 2.42. The molecule has 0 atom stereocenters. The van der Waals surface area contributed by atoms with Crippen LogP contribution in [0.25, 0.3) is 0 Å². The van der Waals surface area contributed by atoms with Gasteiger partial charge in [0.2, 0.25) is 0 Å². The lowest BCUT2D eigenvalue weighted by Crippen LogP contribution is -2.04. The molecule has 0 aliphatic heterocycles. The van der Waals surface area contributed by atoms with Gasteiger partial charge in [0.05, 0.1) is 10.3 Å². The Hall–Kier alpha value is -1.14. The molecule has 0 aliphatic rings. The second kappa shape index (κ2) is 5.46. The highest BCUT2D eigenvalue weighted by Gasteiger charge is 2.02. The molecule has 6 heteroatoms. The minimum Gasteiger partial charge on any atom is -0.373 e. The summed E-state index contributed by atoms with van der Waals surface area (Å²) in [4.78, 5) is 9.84. The highest BCUT2D eigenvalue weighted by molar-refractivity contribution is 9.11. The summed E-state index contributed by atoms with van der Waals surface area (Å²) in [5.41, 5.74) is 0. The minimum absolute atomic E-state index is 0.756. The third kappa shape index (κ3) is 3.41. The highest BCUT2D eigenvalue weighted by atomic mass is 79.9. The molecule has 2 rings (SSSR count). The van der Waals surface area contributed by atoms with Crippen LogP contribution in [-0.4, -0.2) is 17.0 Å². The smallest absolute Gasteiger partial charge is 0.132 e. The maximum absolute atomic E-state index is 4.33. The van der Waals surface area contributed by atoms with Crippen LogP contribution in [0.2, 0.25) is 0 Å². The molecule has 0 saturated heterocycles. The number of rotatable bonds is 4. The van der Waals surface area contributed by atoms with E-state index in [9.17, 15) is 0 Å². The molecular formula is C11H13BrN4S. The Kier molecular flexibility index (Phi) is 3.96. The van der Waals surface area contributed by atoms with Crippen LogP contribution in [0, 0.1) is 6.92 Å². The molecule has 2 heterocycles. The lowest BCUT2D eigenvalue weighted by molar-refractivity contribution is 1.03. The van der Waals surface area contributed by atoms with Crippen LogP contribution in [0.1, 0.15) is 10.7 Å². The average Bonchev–Trinajstić information content (AvgIpc) is 2.72. The first-order chi connectivity index (χ1) is 8.17. The van der Waals surface area contributed by atoms with Gasteiger partial charge in [-0.15, -0.1) is 11.3 Å². The number of aryl methyl sites for hydroxylation is 1. The first-order valence-corrected chi connectivity index (χ1v) is 6.80. The highest BCUT2D eigenvalue weighted by Crippen LogP contribution is 2.22. The summed E-state index contributed by atoms with van der Waals surface area (Å²) in [6.07, 6.45) is 0. The van der Waals surface area contributed by atoms with E-state index in [0.717, 1.165) is 27.8 Å². The van der Waals surface area contributed by atoms with Crippen molar-refractivity contribution in [2.24, 2.45) is 0 Å². The second-order valence-corrected chi connectivity index (χ2v) is 6.04. The number of hydrogen-bond acceptors (Lipinski definition) is 5. The molecule has 0 aromatic carbocycles. The topological polar surface area (TPSA) is 49.8 Å². The van der Waals surface area contributed by atoms with E-state index >= 15 is 0 Å². The van der Waals surface area contributed by atoms with Crippen molar-refractivity contribution in [1.29, 1.82) is 0 Å². The maximum Gasteiger partial charge on any atom is 0.132 e. The fourth-order valence-corrected chi connectivity index (χ4v) is 2.83. The number of nitrogens with zero attached hydrogens (tertiary/aromatic N) is 2. The van der Waals surface area contributed by atoms with Gasteiger partial charge in [0.15, 0.2) is 0 Å². The standard InChI is InChI=1S/C11H13BrN4S/c1-7-15-10(13-2)5-11(16-7)14-6-8-3-4-9(12)17-8/h3-5H,6H2,1-2H3,(H2,13,14,15,16). The summed E-state index contributed by atoms with van der Waals surface area (Å²) in [6, 6.07) is 6.04. The van der Waals surface area contributed by atoms with Crippen LogP contribution >= 0.6 is 27.3 Å². The van der Waals surface area contributed by atoms with Crippen LogP contribution in [0.5, 0.6) is 0 Å². The molecule has 0 aliphatic carbocycles. The summed E-state index contributed by atoms with van der Waals surface area (Å²) >= 11 is 5.16. The predicted molar refractivity (Wildman–Crippen MR) is 75.7 cm³/mol. The van der Waals surface area contributed by atoms with Crippen molar-refractivity contribution in [3.63, 3.8) is 0 Å². The monoisotopic (exact) mass is 312 g/mol. The molecule has 2 aromatic heterocycles. The van der Waals surface area contributed by atoms with Crippen LogP contribution in [-0.2, 0) is 6.54 Å². The van der Waals surface area contributed by atoms with Gasteiger partial charge in [-0.2, -0.15) is 0 Å². The van der Waals surface area contributed by atoms with Crippen molar-refractivity contribution < 1.29 is 0 Å². The maximum atomic E-state index is 4.33. The molecule has 17 heavy (non-hydrogen) atoms. The number of nitrogens with one attached hydrogen (secondary N) is 2. The minimum atomic E-state index is 0.756. The fourth-order valence-electron chi connectivity index (χ4n) is 1.41. The van der Waals surface area contributed by atoms with Gasteiger partial charge >= 0.3 is 0 Å². The van der Waals surface area contributed by atoms with E-state index in [1.54, 1.807) is 11.3 Å². The fraction of sp³-hybridized carbons (Fsp3) is 0.273. The van der Waals surface area contributed by atoms with E-state index in [0.29, 0.717) is 0 Å². The first kappa shape index (κ1) is 12.3. The zero-order valence-electron chi connectivity index (χ0n) is 9.62. The van der Waals surface area contributed by atoms with Crippen molar-refractivity contribution in [2.75, 3.05) is 17.7 Å². The van der Waals surface area contributed by atoms with Gasteiger partial charge in [-0.25, -0.2) is 9.97 Å². The van der Waals surface area contributed by atoms with Crippen LogP contribution in [0.15, 0.2) is 22.0 Å². The molecular weight excluding hydrogens is 300 g/mol. The van der Waals surface area contributed by atoms with E-state index in [2.05, 4.69) is 42.6 Å². The molecule has 2 aromatic rings. The summed E-state index contributed by atoms with van der Waals surface area (Å²) in [7, 11) is 1.85. The van der Waals surface area contributed by atoms with Crippen molar-refractivity contribution in [3.8, 4) is 0 Å². The van der Waals surface area contributed by atoms with E-state index in [4.69, 9.17) is 0 Å². The molecule has 90 valence electrons. The van der Waals surface area contributed by atoms with Gasteiger partial charge in [-0.3, -0.25) is 0 Å². The van der Waals surface area contributed by atoms with E-state index < -0.39 is 0 Å². The van der Waals surface area contributed by atoms with Gasteiger partial charge < -0.3 is 10.6 Å². The van der Waals surface area contributed by atoms with Crippen LogP contribution < -0.4 is 10.6 Å². The van der Waals surface area contributed by atoms with Crippen molar-refractivity contribution in [1.82, 2.24) is 9.97 Å². The lowest BCUT2D eigenvalue weighted by Gasteiger charge is -2.07. The van der Waals surface area contributed by atoms with Crippen molar-refractivity contribution in [3.05, 3.63) is 32.7 Å². The Morgan fingerprint density at radius 2 is 2.06 bits per heavy atom. The second-order valence-electron chi connectivity index (χ2n) is 3.50. The Bertz CT molecular complexity index is 512. The zero-order chi connectivity index (χ0) is 12.3. The van der Waals surface area contributed by atoms with Gasteiger partial charge in [0.25, 0.3) is 0 Å². The Balaban J connectivity index is 2.05. The average molecular weight is 313 g/mol. The molecule has 0 fully saturated rings. The molecule has 0 radical (unpaired) electrons. The van der Waals surface area contributed by atoms with Gasteiger partial charge in [-0.1, -0.05) is 0 Å². The van der Waals surface area contributed by atoms with Crippen LogP contribution in [0.4, 0.5) is 11.6 Å². The molecule has 0 amide bonds. The molecule has 2 N–H and O–H groups in total. The number of halogens is 1. The summed E-state index contributed by atoms with van der Waals surface area (Å²) in [5, 5.41) is 6.30. The largest absolute Gasteiger partial charge is 0.373 e. The number of hydrogen-bond donors (Lipinski definition) is 2. The molecule has 0 unspecified atom stereocenters. The number of anilines is 2. The predicted octanol–water partition coefficient (Wildman–Crippen LogP) is 3.26. The van der Waals surface area contributed by atoms with Crippen LogP contribution in [0.3, 0.4) is 0 Å². The lowest BCUT2D eigenvalue weighted by atomic mass is 10.4. The summed E-state index contributed by atoms with van der Waals surface area (Å²) < 4.78 is 1.14. The molecule has 0 bridgehead atoms. The summed E-state index contributed by atoms with van der Waals surface area (Å²) in [6.45, 7) is 2.66. The van der Waals surface area contributed by atoms with E-state index in [1.807, 2.05) is 26.1 Å². The molecule has 4 nitrogen and oxygen atoms in total. The first-order valence-electron chi connectivity index (χ1n) is 5.19. The normalized spacial score (nSPS) is 10.3. The third-order valence-electron chi connectivity index (χ3n) is 2.17. The van der Waals surface area contributed by atoms with E-state index in [1.165, 1.54) is 4.88 Å². The Morgan fingerprint density at radius 1 is 1.29 bits per heavy atom. The Morgan fingerprint density at radius 3 is 2.71 bits per heavy atom. The van der Waals surface area contributed by atoms with E-state index in [-0.39, 0.29) is 0 Å². The Labute approximate surface area is 113 Å². The van der Waals surface area contributed by atoms with Gasteiger partial charge in [0, 0.05) is 18.0 Å². The third-order valence-corrected chi connectivity index (χ3v) is 3.79. The number of aromatic nitrogens is 2. The molecule has 0 saturated carbocycles. The quantitative estimate of drug-likeness (QED) is 0.909. The van der Waals surface area contributed by atoms with Gasteiger partial charge in [0.1, 0.15) is 17.5 Å². The SMILES string of the molecule is CNc1cc(NCc2ccc(Br)s2)nc(C)n1. The van der Waals surface area contributed by atoms with Gasteiger partial charge in [-0.05, 0) is 35.0 Å². The van der Waals surface area contributed by atoms with Crippen molar-refractivity contribution >= 4 is 38.9 Å². The van der Waals surface area contributed by atoms with Crippen molar-refractivity contribution in [2.45, 2.75) is 13.5 Å². The zero-order valence-corrected chi connectivity index (χ0v) is 12.0. The number of thiophene rings is 1.